The van der Waals surface area contributed by atoms with Crippen LogP contribution in [0.2, 0.25) is 0 Å². The van der Waals surface area contributed by atoms with Crippen LogP contribution in [0.4, 0.5) is 13.2 Å². The molecular weight excluding hydrogens is 219 g/mol. The molecule has 1 aromatic rings. The van der Waals surface area contributed by atoms with Crippen molar-refractivity contribution in [3.8, 4) is 5.75 Å². The minimum Gasteiger partial charge on any atom is -0.497 e. The van der Waals surface area contributed by atoms with Gasteiger partial charge in [-0.05, 0) is 24.7 Å². The first-order valence-electron chi connectivity index (χ1n) is 4.84. The monoisotopic (exact) mass is 233 g/mol. The zero-order valence-corrected chi connectivity index (χ0v) is 9.14. The van der Waals surface area contributed by atoms with E-state index >= 15 is 0 Å². The largest absolute Gasteiger partial charge is 0.497 e. The van der Waals surface area contributed by atoms with Crippen LogP contribution in [0.25, 0.3) is 0 Å². The van der Waals surface area contributed by atoms with Crippen molar-refractivity contribution < 1.29 is 17.9 Å². The number of hydrogen-bond acceptors (Lipinski definition) is 2. The van der Waals surface area contributed by atoms with Gasteiger partial charge in [0.25, 0.3) is 0 Å². The second-order valence-corrected chi connectivity index (χ2v) is 3.44. The molecule has 0 heterocycles. The number of hydrogen-bond donors (Lipinski definition) is 1. The fraction of sp³-hybridized carbons (Fsp3) is 0.455. The van der Waals surface area contributed by atoms with Crippen molar-refractivity contribution in [2.45, 2.75) is 18.6 Å². The van der Waals surface area contributed by atoms with Gasteiger partial charge in [0.15, 0.2) is 0 Å². The molecule has 0 fully saturated rings. The standard InChI is InChI=1S/C11H14F3NO/c1-15-10(7-11(12,13)14)8-4-3-5-9(6-8)16-2/h3-6,10,15H,7H2,1-2H3. The Balaban J connectivity index is 2.86. The topological polar surface area (TPSA) is 21.3 Å². The highest BCUT2D eigenvalue weighted by molar-refractivity contribution is 5.30. The van der Waals surface area contributed by atoms with E-state index in [4.69, 9.17) is 4.74 Å². The zero-order valence-electron chi connectivity index (χ0n) is 9.14. The molecule has 0 aliphatic rings. The maximum atomic E-state index is 12.3. The Morgan fingerprint density at radius 1 is 1.38 bits per heavy atom. The van der Waals surface area contributed by atoms with Gasteiger partial charge in [-0.2, -0.15) is 13.2 Å². The summed E-state index contributed by atoms with van der Waals surface area (Å²) < 4.78 is 41.8. The predicted octanol–water partition coefficient (Wildman–Crippen LogP) is 2.91. The molecule has 0 aliphatic heterocycles. The average molecular weight is 233 g/mol. The quantitative estimate of drug-likeness (QED) is 0.863. The lowest BCUT2D eigenvalue weighted by molar-refractivity contribution is -0.140. The van der Waals surface area contributed by atoms with Gasteiger partial charge in [-0.1, -0.05) is 12.1 Å². The molecule has 0 saturated carbocycles. The van der Waals surface area contributed by atoms with Gasteiger partial charge in [0.2, 0.25) is 0 Å². The van der Waals surface area contributed by atoms with Crippen LogP contribution in [0.5, 0.6) is 5.75 Å². The molecule has 0 aliphatic carbocycles. The van der Waals surface area contributed by atoms with Crippen LogP contribution in [0.15, 0.2) is 24.3 Å². The second-order valence-electron chi connectivity index (χ2n) is 3.44. The number of rotatable bonds is 4. The molecule has 1 unspecified atom stereocenters. The molecule has 0 spiro atoms. The van der Waals surface area contributed by atoms with Crippen LogP contribution in [0.3, 0.4) is 0 Å². The summed E-state index contributed by atoms with van der Waals surface area (Å²) in [6.45, 7) is 0. The van der Waals surface area contributed by atoms with Gasteiger partial charge >= 0.3 is 6.18 Å². The molecule has 0 saturated heterocycles. The number of benzene rings is 1. The molecule has 0 bridgehead atoms. The molecule has 1 rings (SSSR count). The van der Waals surface area contributed by atoms with Gasteiger partial charge in [0.05, 0.1) is 13.5 Å². The first kappa shape index (κ1) is 12.8. The van der Waals surface area contributed by atoms with Crippen LogP contribution in [-0.4, -0.2) is 20.3 Å². The van der Waals surface area contributed by atoms with E-state index in [-0.39, 0.29) is 0 Å². The van der Waals surface area contributed by atoms with Gasteiger partial charge in [0.1, 0.15) is 5.75 Å². The summed E-state index contributed by atoms with van der Waals surface area (Å²) in [6.07, 6.45) is -5.08. The number of methoxy groups -OCH3 is 1. The smallest absolute Gasteiger partial charge is 0.390 e. The van der Waals surface area contributed by atoms with Crippen molar-refractivity contribution in [1.29, 1.82) is 0 Å². The van der Waals surface area contributed by atoms with Gasteiger partial charge in [-0.3, -0.25) is 0 Å². The molecule has 1 N–H and O–H groups in total. The van der Waals surface area contributed by atoms with E-state index in [0.29, 0.717) is 11.3 Å². The third-order valence-electron chi connectivity index (χ3n) is 2.28. The van der Waals surface area contributed by atoms with E-state index < -0.39 is 18.6 Å². The Bertz CT molecular complexity index is 338. The van der Waals surface area contributed by atoms with Crippen LogP contribution in [0.1, 0.15) is 18.0 Å². The van der Waals surface area contributed by atoms with Crippen molar-refractivity contribution in [1.82, 2.24) is 5.32 Å². The summed E-state index contributed by atoms with van der Waals surface area (Å²) in [5.41, 5.74) is 0.569. The average Bonchev–Trinajstić information content (AvgIpc) is 2.25. The Morgan fingerprint density at radius 3 is 2.56 bits per heavy atom. The summed E-state index contributed by atoms with van der Waals surface area (Å²) in [5, 5.41) is 2.65. The van der Waals surface area contributed by atoms with Crippen LogP contribution in [-0.2, 0) is 0 Å². The Hall–Kier alpha value is -1.23. The highest BCUT2D eigenvalue weighted by atomic mass is 19.4. The van der Waals surface area contributed by atoms with E-state index in [1.165, 1.54) is 14.2 Å². The van der Waals surface area contributed by atoms with Crippen molar-refractivity contribution in [2.24, 2.45) is 0 Å². The maximum Gasteiger partial charge on any atom is 0.390 e. The third-order valence-corrected chi connectivity index (χ3v) is 2.28. The summed E-state index contributed by atoms with van der Waals surface area (Å²) in [5.74, 6) is 0.555. The van der Waals surface area contributed by atoms with Crippen molar-refractivity contribution in [3.05, 3.63) is 29.8 Å². The van der Waals surface area contributed by atoms with Gasteiger partial charge in [-0.25, -0.2) is 0 Å². The fourth-order valence-electron chi connectivity index (χ4n) is 1.48. The van der Waals surface area contributed by atoms with Crippen molar-refractivity contribution in [3.63, 3.8) is 0 Å². The highest BCUT2D eigenvalue weighted by Crippen LogP contribution is 2.30. The molecule has 90 valence electrons. The van der Waals surface area contributed by atoms with Crippen LogP contribution in [0, 0.1) is 0 Å². The lowest BCUT2D eigenvalue weighted by Gasteiger charge is -2.18. The molecule has 0 amide bonds. The zero-order chi connectivity index (χ0) is 12.2. The van der Waals surface area contributed by atoms with E-state index in [2.05, 4.69) is 5.32 Å². The third kappa shape index (κ3) is 3.73. The summed E-state index contributed by atoms with van der Waals surface area (Å²) in [4.78, 5) is 0. The fourth-order valence-corrected chi connectivity index (χ4v) is 1.48. The lowest BCUT2D eigenvalue weighted by Crippen LogP contribution is -2.23. The van der Waals surface area contributed by atoms with Gasteiger partial charge in [-0.15, -0.1) is 0 Å². The molecule has 0 radical (unpaired) electrons. The number of nitrogens with one attached hydrogen (secondary N) is 1. The highest BCUT2D eigenvalue weighted by Gasteiger charge is 2.31. The van der Waals surface area contributed by atoms with E-state index in [1.54, 1.807) is 24.3 Å². The number of ether oxygens (including phenoxy) is 1. The minimum atomic E-state index is -4.18. The van der Waals surface area contributed by atoms with Gasteiger partial charge in [0, 0.05) is 6.04 Å². The first-order valence-corrected chi connectivity index (χ1v) is 4.84. The van der Waals surface area contributed by atoms with Crippen LogP contribution >= 0.6 is 0 Å². The molecule has 1 aromatic carbocycles. The molecule has 16 heavy (non-hydrogen) atoms. The summed E-state index contributed by atoms with van der Waals surface area (Å²) in [6, 6.07) is 5.89. The van der Waals surface area contributed by atoms with Crippen molar-refractivity contribution >= 4 is 0 Å². The molecule has 1 atom stereocenters. The van der Waals surface area contributed by atoms with Crippen molar-refractivity contribution in [2.75, 3.05) is 14.2 Å². The van der Waals surface area contributed by atoms with E-state index in [9.17, 15) is 13.2 Å². The normalized spacial score (nSPS) is 13.6. The minimum absolute atomic E-state index is 0.555. The van der Waals surface area contributed by atoms with E-state index in [0.717, 1.165) is 0 Å². The second kappa shape index (κ2) is 5.21. The number of alkyl halides is 3. The maximum absolute atomic E-state index is 12.3. The first-order chi connectivity index (χ1) is 7.46. The summed E-state index contributed by atoms with van der Waals surface area (Å²) in [7, 11) is 2.99. The lowest BCUT2D eigenvalue weighted by atomic mass is 10.0. The Morgan fingerprint density at radius 2 is 2.06 bits per heavy atom. The molecule has 5 heteroatoms. The summed E-state index contributed by atoms with van der Waals surface area (Å²) >= 11 is 0. The predicted molar refractivity (Wildman–Crippen MR) is 55.5 cm³/mol. The number of halogens is 3. The Labute approximate surface area is 92.4 Å². The molecule has 0 aromatic heterocycles. The van der Waals surface area contributed by atoms with E-state index in [1.807, 2.05) is 0 Å². The Kier molecular flexibility index (Phi) is 4.18. The van der Waals surface area contributed by atoms with Gasteiger partial charge < -0.3 is 10.1 Å². The molecule has 2 nitrogen and oxygen atoms in total. The van der Waals surface area contributed by atoms with Crippen LogP contribution < -0.4 is 10.1 Å². The molecular formula is C11H14F3NO. The SMILES string of the molecule is CNC(CC(F)(F)F)c1cccc(OC)c1.